The SMILES string of the molecule is O=C(c1cccnc1)N1CCC(OCCCl)CC1. The van der Waals surface area contributed by atoms with Gasteiger partial charge in [0.25, 0.3) is 5.91 Å². The summed E-state index contributed by atoms with van der Waals surface area (Å²) in [5.41, 5.74) is 0.651. The van der Waals surface area contributed by atoms with E-state index in [0.717, 1.165) is 25.9 Å². The number of halogens is 1. The smallest absolute Gasteiger partial charge is 0.255 e. The quantitative estimate of drug-likeness (QED) is 0.784. The number of carbonyl (C=O) groups is 1. The third-order valence-corrected chi connectivity index (χ3v) is 3.22. The molecule has 1 aliphatic rings. The predicted molar refractivity (Wildman–Crippen MR) is 69.8 cm³/mol. The van der Waals surface area contributed by atoms with Gasteiger partial charge in [-0.2, -0.15) is 0 Å². The van der Waals surface area contributed by atoms with Crippen molar-refractivity contribution in [1.29, 1.82) is 0 Å². The van der Waals surface area contributed by atoms with Crippen LogP contribution >= 0.6 is 11.6 Å². The van der Waals surface area contributed by atoms with E-state index < -0.39 is 0 Å². The molecule has 98 valence electrons. The second-order valence-electron chi connectivity index (χ2n) is 4.29. The van der Waals surface area contributed by atoms with Gasteiger partial charge in [-0.1, -0.05) is 0 Å². The molecule has 0 aliphatic carbocycles. The summed E-state index contributed by atoms with van der Waals surface area (Å²) < 4.78 is 5.58. The van der Waals surface area contributed by atoms with E-state index in [1.54, 1.807) is 24.5 Å². The highest BCUT2D eigenvalue weighted by atomic mass is 35.5. The van der Waals surface area contributed by atoms with Crippen LogP contribution in [-0.4, -0.2) is 47.5 Å². The van der Waals surface area contributed by atoms with Crippen molar-refractivity contribution in [2.24, 2.45) is 0 Å². The molecule has 0 bridgehead atoms. The number of piperidine rings is 1. The van der Waals surface area contributed by atoms with Gasteiger partial charge < -0.3 is 9.64 Å². The zero-order chi connectivity index (χ0) is 12.8. The molecule has 0 saturated carbocycles. The van der Waals surface area contributed by atoms with E-state index in [9.17, 15) is 4.79 Å². The first-order chi connectivity index (χ1) is 8.81. The lowest BCUT2D eigenvalue weighted by Gasteiger charge is -2.31. The van der Waals surface area contributed by atoms with Crippen LogP contribution in [0.2, 0.25) is 0 Å². The number of carbonyl (C=O) groups excluding carboxylic acids is 1. The number of hydrogen-bond acceptors (Lipinski definition) is 3. The number of aromatic nitrogens is 1. The van der Waals surface area contributed by atoms with Gasteiger partial charge in [-0.05, 0) is 25.0 Å². The van der Waals surface area contributed by atoms with E-state index in [0.29, 0.717) is 18.1 Å². The highest BCUT2D eigenvalue weighted by Crippen LogP contribution is 2.16. The van der Waals surface area contributed by atoms with Crippen molar-refractivity contribution in [3.05, 3.63) is 30.1 Å². The van der Waals surface area contributed by atoms with Gasteiger partial charge in [0.1, 0.15) is 0 Å². The molecule has 2 heterocycles. The van der Waals surface area contributed by atoms with Crippen molar-refractivity contribution >= 4 is 17.5 Å². The standard InChI is InChI=1S/C13H17ClN2O2/c14-5-9-18-12-3-7-16(8-4-12)13(17)11-2-1-6-15-10-11/h1-2,6,10,12H,3-5,7-9H2. The molecule has 2 rings (SSSR count). The fourth-order valence-corrected chi connectivity index (χ4v) is 2.20. The van der Waals surface area contributed by atoms with Crippen molar-refractivity contribution in [3.63, 3.8) is 0 Å². The summed E-state index contributed by atoms with van der Waals surface area (Å²) in [6.07, 6.45) is 5.27. The Balaban J connectivity index is 1.84. The number of likely N-dealkylation sites (tertiary alicyclic amines) is 1. The van der Waals surface area contributed by atoms with Gasteiger partial charge in [-0.25, -0.2) is 0 Å². The highest BCUT2D eigenvalue weighted by Gasteiger charge is 2.23. The van der Waals surface area contributed by atoms with Gasteiger partial charge in [-0.15, -0.1) is 11.6 Å². The lowest BCUT2D eigenvalue weighted by molar-refractivity contribution is 0.0154. The molecule has 1 fully saturated rings. The largest absolute Gasteiger partial charge is 0.377 e. The highest BCUT2D eigenvalue weighted by molar-refractivity contribution is 6.17. The van der Waals surface area contributed by atoms with E-state index in [-0.39, 0.29) is 12.0 Å². The molecule has 18 heavy (non-hydrogen) atoms. The van der Waals surface area contributed by atoms with Crippen molar-refractivity contribution < 1.29 is 9.53 Å². The van der Waals surface area contributed by atoms with Crippen molar-refractivity contribution in [2.45, 2.75) is 18.9 Å². The number of pyridine rings is 1. The van der Waals surface area contributed by atoms with E-state index in [2.05, 4.69) is 4.98 Å². The van der Waals surface area contributed by atoms with Crippen LogP contribution < -0.4 is 0 Å². The maximum Gasteiger partial charge on any atom is 0.255 e. The number of ether oxygens (including phenoxy) is 1. The predicted octanol–water partition coefficient (Wildman–Crippen LogP) is 1.94. The molecule has 1 aromatic rings. The van der Waals surface area contributed by atoms with Crippen molar-refractivity contribution in [3.8, 4) is 0 Å². The Bertz CT molecular complexity index is 378. The first kappa shape index (κ1) is 13.3. The molecule has 1 aromatic heterocycles. The van der Waals surface area contributed by atoms with Crippen LogP contribution in [0.25, 0.3) is 0 Å². The molecule has 1 aliphatic heterocycles. The van der Waals surface area contributed by atoms with Gasteiger partial charge in [-0.3, -0.25) is 9.78 Å². The minimum Gasteiger partial charge on any atom is -0.377 e. The molecule has 5 heteroatoms. The lowest BCUT2D eigenvalue weighted by atomic mass is 10.1. The van der Waals surface area contributed by atoms with Gasteiger partial charge >= 0.3 is 0 Å². The van der Waals surface area contributed by atoms with Crippen LogP contribution in [0.3, 0.4) is 0 Å². The van der Waals surface area contributed by atoms with Crippen LogP contribution in [0.4, 0.5) is 0 Å². The summed E-state index contributed by atoms with van der Waals surface area (Å²) >= 11 is 5.58. The zero-order valence-electron chi connectivity index (χ0n) is 10.2. The van der Waals surface area contributed by atoms with E-state index in [4.69, 9.17) is 16.3 Å². The van der Waals surface area contributed by atoms with E-state index >= 15 is 0 Å². The van der Waals surface area contributed by atoms with Crippen LogP contribution in [0.1, 0.15) is 23.2 Å². The summed E-state index contributed by atoms with van der Waals surface area (Å²) in [6, 6.07) is 3.58. The third kappa shape index (κ3) is 3.43. The van der Waals surface area contributed by atoms with Gasteiger partial charge in [0.15, 0.2) is 0 Å². The summed E-state index contributed by atoms with van der Waals surface area (Å²) in [5.74, 6) is 0.577. The maximum atomic E-state index is 12.1. The van der Waals surface area contributed by atoms with Crippen LogP contribution in [0.15, 0.2) is 24.5 Å². The molecule has 0 N–H and O–H groups in total. The molecular weight excluding hydrogens is 252 g/mol. The fourth-order valence-electron chi connectivity index (χ4n) is 2.11. The molecule has 0 aromatic carbocycles. The number of amides is 1. The third-order valence-electron chi connectivity index (χ3n) is 3.07. The Morgan fingerprint density at radius 3 is 2.89 bits per heavy atom. The second kappa shape index (κ2) is 6.71. The second-order valence-corrected chi connectivity index (χ2v) is 4.67. The molecule has 0 spiro atoms. The van der Waals surface area contributed by atoms with Crippen LogP contribution in [0.5, 0.6) is 0 Å². The number of rotatable bonds is 4. The molecule has 0 unspecified atom stereocenters. The minimum atomic E-state index is 0.0545. The van der Waals surface area contributed by atoms with Crippen molar-refractivity contribution in [2.75, 3.05) is 25.6 Å². The molecule has 4 nitrogen and oxygen atoms in total. The minimum absolute atomic E-state index is 0.0545. The summed E-state index contributed by atoms with van der Waals surface area (Å²) in [6.45, 7) is 2.06. The maximum absolute atomic E-state index is 12.1. The Morgan fingerprint density at radius 1 is 1.50 bits per heavy atom. The van der Waals surface area contributed by atoms with Gasteiger partial charge in [0.2, 0.25) is 0 Å². The summed E-state index contributed by atoms with van der Waals surface area (Å²) in [5, 5.41) is 0. The zero-order valence-corrected chi connectivity index (χ0v) is 11.0. The Morgan fingerprint density at radius 2 is 2.28 bits per heavy atom. The van der Waals surface area contributed by atoms with Gasteiger partial charge in [0.05, 0.1) is 18.3 Å². The first-order valence-corrected chi connectivity index (χ1v) is 6.71. The molecule has 1 amide bonds. The monoisotopic (exact) mass is 268 g/mol. The summed E-state index contributed by atoms with van der Waals surface area (Å²) in [7, 11) is 0. The molecule has 0 atom stereocenters. The normalized spacial score (nSPS) is 16.8. The molecule has 0 radical (unpaired) electrons. The average molecular weight is 269 g/mol. The topological polar surface area (TPSA) is 42.4 Å². The molecular formula is C13H17ClN2O2. The Labute approximate surface area is 112 Å². The Kier molecular flexibility index (Phi) is 4.96. The van der Waals surface area contributed by atoms with Crippen molar-refractivity contribution in [1.82, 2.24) is 9.88 Å². The average Bonchev–Trinajstić information content (AvgIpc) is 2.46. The number of alkyl halides is 1. The molecule has 1 saturated heterocycles. The lowest BCUT2D eigenvalue weighted by Crippen LogP contribution is -2.41. The summed E-state index contributed by atoms with van der Waals surface area (Å²) in [4.78, 5) is 18.0. The van der Waals surface area contributed by atoms with Crippen LogP contribution in [-0.2, 0) is 4.74 Å². The first-order valence-electron chi connectivity index (χ1n) is 6.18. The van der Waals surface area contributed by atoms with Crippen LogP contribution in [0, 0.1) is 0 Å². The van der Waals surface area contributed by atoms with E-state index in [1.165, 1.54) is 0 Å². The Hall–Kier alpha value is -1.13. The number of hydrogen-bond donors (Lipinski definition) is 0. The van der Waals surface area contributed by atoms with Gasteiger partial charge in [0, 0.05) is 31.4 Å². The van der Waals surface area contributed by atoms with E-state index in [1.807, 2.05) is 4.90 Å². The number of nitrogens with zero attached hydrogens (tertiary/aromatic N) is 2. The fraction of sp³-hybridized carbons (Fsp3) is 0.538.